The van der Waals surface area contributed by atoms with Crippen LogP contribution in [0.2, 0.25) is 0 Å². The highest BCUT2D eigenvalue weighted by Crippen LogP contribution is 2.26. The minimum atomic E-state index is -0.286. The Morgan fingerprint density at radius 1 is 1.42 bits per heavy atom. The average Bonchev–Trinajstić information content (AvgIpc) is 2.92. The van der Waals surface area contributed by atoms with Crippen LogP contribution in [-0.4, -0.2) is 23.2 Å². The van der Waals surface area contributed by atoms with E-state index in [-0.39, 0.29) is 11.7 Å². The molecule has 1 N–H and O–H groups in total. The van der Waals surface area contributed by atoms with Crippen molar-refractivity contribution in [2.75, 3.05) is 13.1 Å². The second-order valence-corrected chi connectivity index (χ2v) is 4.96. The second-order valence-electron chi connectivity index (χ2n) is 4.96. The first kappa shape index (κ1) is 12.3. The Kier molecular flexibility index (Phi) is 3.29. The zero-order valence-corrected chi connectivity index (χ0v) is 10.8. The van der Waals surface area contributed by atoms with Crippen molar-refractivity contribution in [3.63, 3.8) is 0 Å². The zero-order valence-electron chi connectivity index (χ0n) is 10.8. The van der Waals surface area contributed by atoms with Crippen LogP contribution in [0.1, 0.15) is 30.2 Å². The van der Waals surface area contributed by atoms with Crippen molar-refractivity contribution in [1.82, 2.24) is 15.5 Å². The lowest BCUT2D eigenvalue weighted by molar-refractivity contribution is 0.322. The summed E-state index contributed by atoms with van der Waals surface area (Å²) in [5.41, 5.74) is 1.63. The Bertz CT molecular complexity index is 576. The number of aromatic nitrogens is 2. The van der Waals surface area contributed by atoms with E-state index in [1.807, 2.05) is 6.92 Å². The SMILES string of the molecule is Cc1ccc(F)cc1-c1noc([C@@H]2CCCNC2)n1. The van der Waals surface area contributed by atoms with Gasteiger partial charge in [-0.2, -0.15) is 4.98 Å². The van der Waals surface area contributed by atoms with E-state index in [9.17, 15) is 4.39 Å². The van der Waals surface area contributed by atoms with Gasteiger partial charge in [-0.05, 0) is 44.0 Å². The van der Waals surface area contributed by atoms with Crippen LogP contribution in [0.4, 0.5) is 4.39 Å². The summed E-state index contributed by atoms with van der Waals surface area (Å²) >= 11 is 0. The number of nitrogens with zero attached hydrogens (tertiary/aromatic N) is 2. The molecule has 0 spiro atoms. The summed E-state index contributed by atoms with van der Waals surface area (Å²) in [5.74, 6) is 1.10. The van der Waals surface area contributed by atoms with Crippen molar-refractivity contribution in [1.29, 1.82) is 0 Å². The molecule has 1 aliphatic heterocycles. The predicted octanol–water partition coefficient (Wildman–Crippen LogP) is 2.65. The van der Waals surface area contributed by atoms with Gasteiger partial charge in [-0.3, -0.25) is 0 Å². The van der Waals surface area contributed by atoms with E-state index in [4.69, 9.17) is 4.52 Å². The Morgan fingerprint density at radius 3 is 3.11 bits per heavy atom. The molecule has 4 nitrogen and oxygen atoms in total. The van der Waals surface area contributed by atoms with Crippen molar-refractivity contribution < 1.29 is 8.91 Å². The lowest BCUT2D eigenvalue weighted by Crippen LogP contribution is -2.28. The average molecular weight is 261 g/mol. The maximum absolute atomic E-state index is 13.3. The van der Waals surface area contributed by atoms with Crippen LogP contribution in [0.25, 0.3) is 11.4 Å². The molecular weight excluding hydrogens is 245 g/mol. The van der Waals surface area contributed by atoms with E-state index in [2.05, 4.69) is 15.5 Å². The van der Waals surface area contributed by atoms with Gasteiger partial charge in [0.25, 0.3) is 0 Å². The molecule has 1 atom stereocenters. The highest BCUT2D eigenvalue weighted by Gasteiger charge is 2.22. The Labute approximate surface area is 111 Å². The van der Waals surface area contributed by atoms with Gasteiger partial charge < -0.3 is 9.84 Å². The maximum atomic E-state index is 13.3. The number of rotatable bonds is 2. The number of hydrogen-bond donors (Lipinski definition) is 1. The molecule has 1 fully saturated rings. The van der Waals surface area contributed by atoms with Crippen LogP contribution in [0.5, 0.6) is 0 Å². The number of halogens is 1. The van der Waals surface area contributed by atoms with Crippen molar-refractivity contribution in [3.05, 3.63) is 35.5 Å². The molecule has 2 aromatic rings. The quantitative estimate of drug-likeness (QED) is 0.903. The number of hydrogen-bond acceptors (Lipinski definition) is 4. The third-order valence-corrected chi connectivity index (χ3v) is 3.53. The number of nitrogens with one attached hydrogen (secondary N) is 1. The smallest absolute Gasteiger partial charge is 0.231 e. The van der Waals surface area contributed by atoms with E-state index < -0.39 is 0 Å². The minimum Gasteiger partial charge on any atom is -0.339 e. The van der Waals surface area contributed by atoms with Gasteiger partial charge in [0, 0.05) is 12.1 Å². The Balaban J connectivity index is 1.89. The lowest BCUT2D eigenvalue weighted by atomic mass is 10.00. The Hall–Kier alpha value is -1.75. The summed E-state index contributed by atoms with van der Waals surface area (Å²) in [6, 6.07) is 4.61. The molecule has 1 saturated heterocycles. The monoisotopic (exact) mass is 261 g/mol. The fourth-order valence-electron chi connectivity index (χ4n) is 2.41. The van der Waals surface area contributed by atoms with Gasteiger partial charge in [-0.15, -0.1) is 0 Å². The van der Waals surface area contributed by atoms with Crippen LogP contribution in [-0.2, 0) is 0 Å². The first-order chi connectivity index (χ1) is 9.24. The van der Waals surface area contributed by atoms with E-state index >= 15 is 0 Å². The summed E-state index contributed by atoms with van der Waals surface area (Å²) in [6.07, 6.45) is 2.16. The summed E-state index contributed by atoms with van der Waals surface area (Å²) in [4.78, 5) is 4.42. The van der Waals surface area contributed by atoms with Crippen molar-refractivity contribution in [3.8, 4) is 11.4 Å². The van der Waals surface area contributed by atoms with E-state index in [0.717, 1.165) is 31.5 Å². The van der Waals surface area contributed by atoms with Crippen molar-refractivity contribution >= 4 is 0 Å². The highest BCUT2D eigenvalue weighted by atomic mass is 19.1. The zero-order chi connectivity index (χ0) is 13.2. The molecule has 1 aromatic heterocycles. The molecule has 0 radical (unpaired) electrons. The first-order valence-corrected chi connectivity index (χ1v) is 6.55. The standard InChI is InChI=1S/C14H16FN3O/c1-9-4-5-11(15)7-12(9)13-17-14(19-18-13)10-3-2-6-16-8-10/h4-5,7,10,16H,2-3,6,8H2,1H3/t10-/m1/s1. The van der Waals surface area contributed by atoms with Crippen LogP contribution < -0.4 is 5.32 Å². The van der Waals surface area contributed by atoms with Gasteiger partial charge in [0.2, 0.25) is 11.7 Å². The molecule has 0 unspecified atom stereocenters. The molecule has 5 heteroatoms. The first-order valence-electron chi connectivity index (χ1n) is 6.55. The highest BCUT2D eigenvalue weighted by molar-refractivity contribution is 5.59. The molecule has 2 heterocycles. The topological polar surface area (TPSA) is 51.0 Å². The van der Waals surface area contributed by atoms with E-state index in [1.165, 1.54) is 12.1 Å². The molecule has 0 bridgehead atoms. The van der Waals surface area contributed by atoms with Crippen LogP contribution >= 0.6 is 0 Å². The Morgan fingerprint density at radius 2 is 2.32 bits per heavy atom. The van der Waals surface area contributed by atoms with Gasteiger partial charge in [0.1, 0.15) is 5.82 Å². The minimum absolute atomic E-state index is 0.267. The van der Waals surface area contributed by atoms with Gasteiger partial charge in [-0.25, -0.2) is 4.39 Å². The third-order valence-electron chi connectivity index (χ3n) is 3.53. The largest absolute Gasteiger partial charge is 0.339 e. The molecule has 100 valence electrons. The molecule has 1 aliphatic rings. The fourth-order valence-corrected chi connectivity index (χ4v) is 2.41. The molecule has 0 amide bonds. The predicted molar refractivity (Wildman–Crippen MR) is 69.3 cm³/mol. The summed E-state index contributed by atoms with van der Waals surface area (Å²) < 4.78 is 18.6. The molecule has 0 aliphatic carbocycles. The molecule has 19 heavy (non-hydrogen) atoms. The van der Waals surface area contributed by atoms with E-state index in [1.54, 1.807) is 6.07 Å². The summed E-state index contributed by atoms with van der Waals surface area (Å²) in [7, 11) is 0. The number of aryl methyl sites for hydroxylation is 1. The van der Waals surface area contributed by atoms with Gasteiger partial charge in [0.05, 0.1) is 5.92 Å². The summed E-state index contributed by atoms with van der Waals surface area (Å²) in [5, 5.41) is 7.30. The lowest BCUT2D eigenvalue weighted by Gasteiger charge is -2.18. The summed E-state index contributed by atoms with van der Waals surface area (Å²) in [6.45, 7) is 3.82. The van der Waals surface area contributed by atoms with Crippen LogP contribution in [0, 0.1) is 12.7 Å². The molecule has 1 aromatic carbocycles. The molecule has 3 rings (SSSR count). The molecule has 0 saturated carbocycles. The third kappa shape index (κ3) is 2.51. The maximum Gasteiger partial charge on any atom is 0.231 e. The van der Waals surface area contributed by atoms with Gasteiger partial charge in [-0.1, -0.05) is 11.2 Å². The van der Waals surface area contributed by atoms with Crippen molar-refractivity contribution in [2.24, 2.45) is 0 Å². The number of benzene rings is 1. The molecular formula is C14H16FN3O. The van der Waals surface area contributed by atoms with Crippen molar-refractivity contribution in [2.45, 2.75) is 25.7 Å². The van der Waals surface area contributed by atoms with Crippen LogP contribution in [0.3, 0.4) is 0 Å². The van der Waals surface area contributed by atoms with E-state index in [0.29, 0.717) is 17.3 Å². The second kappa shape index (κ2) is 5.09. The fraction of sp³-hybridized carbons (Fsp3) is 0.429. The van der Waals surface area contributed by atoms with Crippen LogP contribution in [0.15, 0.2) is 22.7 Å². The normalized spacial score (nSPS) is 19.6. The number of piperidine rings is 1. The van der Waals surface area contributed by atoms with Gasteiger partial charge >= 0.3 is 0 Å². The van der Waals surface area contributed by atoms with Gasteiger partial charge in [0.15, 0.2) is 0 Å².